The van der Waals surface area contributed by atoms with Crippen molar-refractivity contribution in [3.8, 4) is 0 Å². The molecule has 0 heterocycles. The fourth-order valence-electron chi connectivity index (χ4n) is 1.82. The Morgan fingerprint density at radius 2 is 1.56 bits per heavy atom. The highest BCUT2D eigenvalue weighted by atomic mass is 16.5. The highest BCUT2D eigenvalue weighted by molar-refractivity contribution is 4.61. The van der Waals surface area contributed by atoms with Gasteiger partial charge in [-0.3, -0.25) is 0 Å². The summed E-state index contributed by atoms with van der Waals surface area (Å²) in [6.07, 6.45) is 9.04. The van der Waals surface area contributed by atoms with Gasteiger partial charge in [-0.25, -0.2) is 0 Å². The van der Waals surface area contributed by atoms with Gasteiger partial charge in [0.15, 0.2) is 0 Å². The molecule has 0 spiro atoms. The molecule has 0 aromatic carbocycles. The van der Waals surface area contributed by atoms with E-state index in [0.29, 0.717) is 6.04 Å². The summed E-state index contributed by atoms with van der Waals surface area (Å²) < 4.78 is 5.59. The first-order valence-corrected chi connectivity index (χ1v) is 7.16. The molecule has 16 heavy (non-hydrogen) atoms. The maximum atomic E-state index is 5.59. The summed E-state index contributed by atoms with van der Waals surface area (Å²) in [4.78, 5) is 0. The van der Waals surface area contributed by atoms with Gasteiger partial charge in [-0.15, -0.1) is 0 Å². The van der Waals surface area contributed by atoms with E-state index in [1.165, 1.54) is 44.9 Å². The minimum atomic E-state index is 0.674. The lowest BCUT2D eigenvalue weighted by molar-refractivity contribution is 0.129. The average Bonchev–Trinajstić information content (AvgIpc) is 2.32. The van der Waals surface area contributed by atoms with Crippen LogP contribution in [0.2, 0.25) is 0 Å². The van der Waals surface area contributed by atoms with Gasteiger partial charge in [0.2, 0.25) is 0 Å². The normalized spacial score (nSPS) is 11.2. The van der Waals surface area contributed by atoms with Gasteiger partial charge >= 0.3 is 0 Å². The summed E-state index contributed by atoms with van der Waals surface area (Å²) in [6.45, 7) is 9.52. The Morgan fingerprint density at radius 1 is 0.875 bits per heavy atom. The predicted molar refractivity (Wildman–Crippen MR) is 72.0 cm³/mol. The van der Waals surface area contributed by atoms with E-state index in [9.17, 15) is 0 Å². The van der Waals surface area contributed by atoms with Gasteiger partial charge in [0, 0.05) is 19.2 Å². The Morgan fingerprint density at radius 3 is 2.19 bits per heavy atom. The summed E-state index contributed by atoms with van der Waals surface area (Å²) in [6, 6.07) is 0.674. The van der Waals surface area contributed by atoms with Crippen LogP contribution in [0.5, 0.6) is 0 Å². The lowest BCUT2D eigenvalue weighted by Gasteiger charge is -2.14. The molecular weight excluding hydrogens is 198 g/mol. The van der Waals surface area contributed by atoms with E-state index in [0.717, 1.165) is 19.8 Å². The number of ether oxygens (including phenoxy) is 1. The molecule has 0 saturated carbocycles. The van der Waals surface area contributed by atoms with Crippen LogP contribution in [-0.2, 0) is 4.74 Å². The van der Waals surface area contributed by atoms with Crippen LogP contribution in [0.1, 0.15) is 65.7 Å². The molecule has 0 fully saturated rings. The largest absolute Gasteiger partial charge is 0.380 e. The molecule has 0 bridgehead atoms. The Bertz CT molecular complexity index is 124. The van der Waals surface area contributed by atoms with Crippen LogP contribution < -0.4 is 5.32 Å². The first kappa shape index (κ1) is 15.9. The number of hydrogen-bond acceptors (Lipinski definition) is 2. The van der Waals surface area contributed by atoms with Crippen LogP contribution in [0.15, 0.2) is 0 Å². The molecule has 0 aromatic rings. The van der Waals surface area contributed by atoms with E-state index in [1.807, 2.05) is 0 Å². The molecule has 0 aromatic heterocycles. The highest BCUT2D eigenvalue weighted by Gasteiger charge is 2.00. The molecule has 1 N–H and O–H groups in total. The van der Waals surface area contributed by atoms with E-state index < -0.39 is 0 Å². The lowest BCUT2D eigenvalue weighted by atomic mass is 10.2. The van der Waals surface area contributed by atoms with Gasteiger partial charge in [-0.1, -0.05) is 46.5 Å². The third kappa shape index (κ3) is 10.4. The van der Waals surface area contributed by atoms with Crippen molar-refractivity contribution in [2.75, 3.05) is 19.8 Å². The summed E-state index contributed by atoms with van der Waals surface area (Å²) >= 11 is 0. The number of unbranched alkanes of at least 4 members (excludes halogenated alkanes) is 4. The monoisotopic (exact) mass is 229 g/mol. The van der Waals surface area contributed by atoms with Crippen molar-refractivity contribution in [3.05, 3.63) is 0 Å². The Labute approximate surface area is 102 Å². The summed E-state index contributed by atoms with van der Waals surface area (Å²) in [5.41, 5.74) is 0. The summed E-state index contributed by atoms with van der Waals surface area (Å²) in [5, 5.41) is 3.51. The van der Waals surface area contributed by atoms with Crippen molar-refractivity contribution < 1.29 is 4.74 Å². The minimum absolute atomic E-state index is 0.674. The Hall–Kier alpha value is -0.0800. The van der Waals surface area contributed by atoms with Gasteiger partial charge in [0.05, 0.1) is 6.61 Å². The van der Waals surface area contributed by atoms with E-state index >= 15 is 0 Å². The van der Waals surface area contributed by atoms with E-state index in [1.54, 1.807) is 0 Å². The van der Waals surface area contributed by atoms with Crippen molar-refractivity contribution in [1.29, 1.82) is 0 Å². The highest BCUT2D eigenvalue weighted by Crippen LogP contribution is 2.02. The molecular formula is C14H31NO. The summed E-state index contributed by atoms with van der Waals surface area (Å²) in [5.74, 6) is 0. The molecule has 0 aliphatic rings. The van der Waals surface area contributed by atoms with E-state index in [4.69, 9.17) is 4.74 Å². The topological polar surface area (TPSA) is 21.3 Å². The SMILES string of the molecule is CCCCCCCOCCNC(CC)CC. The van der Waals surface area contributed by atoms with Crippen LogP contribution in [-0.4, -0.2) is 25.8 Å². The Kier molecular flexibility index (Phi) is 12.9. The zero-order chi connectivity index (χ0) is 12.1. The molecule has 0 rings (SSSR count). The molecule has 2 heteroatoms. The van der Waals surface area contributed by atoms with Gasteiger partial charge in [0.1, 0.15) is 0 Å². The number of hydrogen-bond donors (Lipinski definition) is 1. The number of rotatable bonds is 12. The quantitative estimate of drug-likeness (QED) is 0.515. The molecule has 0 aliphatic carbocycles. The predicted octanol–water partition coefficient (Wildman–Crippen LogP) is 3.75. The lowest BCUT2D eigenvalue weighted by Crippen LogP contribution is -2.30. The third-order valence-corrected chi connectivity index (χ3v) is 3.06. The zero-order valence-corrected chi connectivity index (χ0v) is 11.6. The second kappa shape index (κ2) is 13.0. The number of nitrogens with one attached hydrogen (secondary N) is 1. The molecule has 0 radical (unpaired) electrons. The van der Waals surface area contributed by atoms with Gasteiger partial charge in [-0.05, 0) is 19.3 Å². The van der Waals surface area contributed by atoms with Crippen LogP contribution in [0.25, 0.3) is 0 Å². The standard InChI is InChI=1S/C14H31NO/c1-4-7-8-9-10-12-16-13-11-15-14(5-2)6-3/h14-15H,4-13H2,1-3H3. The van der Waals surface area contributed by atoms with Gasteiger partial charge < -0.3 is 10.1 Å². The third-order valence-electron chi connectivity index (χ3n) is 3.06. The average molecular weight is 229 g/mol. The molecule has 0 unspecified atom stereocenters. The van der Waals surface area contributed by atoms with Gasteiger partial charge in [0.25, 0.3) is 0 Å². The maximum absolute atomic E-state index is 5.59. The molecule has 0 atom stereocenters. The molecule has 98 valence electrons. The molecule has 0 aliphatic heterocycles. The minimum Gasteiger partial charge on any atom is -0.380 e. The van der Waals surface area contributed by atoms with Crippen molar-refractivity contribution in [3.63, 3.8) is 0 Å². The van der Waals surface area contributed by atoms with Crippen molar-refractivity contribution >= 4 is 0 Å². The Balaban J connectivity index is 3.03. The van der Waals surface area contributed by atoms with Crippen molar-refractivity contribution in [2.45, 2.75) is 71.8 Å². The first-order valence-electron chi connectivity index (χ1n) is 7.16. The van der Waals surface area contributed by atoms with Crippen LogP contribution in [0.4, 0.5) is 0 Å². The van der Waals surface area contributed by atoms with Crippen molar-refractivity contribution in [1.82, 2.24) is 5.32 Å². The molecule has 2 nitrogen and oxygen atoms in total. The van der Waals surface area contributed by atoms with Crippen LogP contribution >= 0.6 is 0 Å². The second-order valence-corrected chi connectivity index (χ2v) is 4.49. The van der Waals surface area contributed by atoms with E-state index in [2.05, 4.69) is 26.1 Å². The van der Waals surface area contributed by atoms with Crippen LogP contribution in [0.3, 0.4) is 0 Å². The first-order chi connectivity index (χ1) is 7.85. The summed E-state index contributed by atoms with van der Waals surface area (Å²) in [7, 11) is 0. The second-order valence-electron chi connectivity index (χ2n) is 4.49. The smallest absolute Gasteiger partial charge is 0.0590 e. The van der Waals surface area contributed by atoms with Gasteiger partial charge in [-0.2, -0.15) is 0 Å². The van der Waals surface area contributed by atoms with Crippen LogP contribution in [0, 0.1) is 0 Å². The molecule has 0 amide bonds. The van der Waals surface area contributed by atoms with E-state index in [-0.39, 0.29) is 0 Å². The zero-order valence-electron chi connectivity index (χ0n) is 11.6. The van der Waals surface area contributed by atoms with Crippen molar-refractivity contribution in [2.24, 2.45) is 0 Å². The maximum Gasteiger partial charge on any atom is 0.0590 e. The fourth-order valence-corrected chi connectivity index (χ4v) is 1.82. The molecule has 0 saturated heterocycles. The fraction of sp³-hybridized carbons (Fsp3) is 1.00.